The van der Waals surface area contributed by atoms with Gasteiger partial charge in [-0.1, -0.05) is 95.6 Å². The summed E-state index contributed by atoms with van der Waals surface area (Å²) >= 11 is 0. The van der Waals surface area contributed by atoms with E-state index in [0.717, 1.165) is 64.2 Å². The van der Waals surface area contributed by atoms with E-state index in [9.17, 15) is 0 Å². The number of rotatable bonds is 4. The zero-order chi connectivity index (χ0) is 35.1. The minimum Gasteiger partial charge on any atom is -0.370 e. The van der Waals surface area contributed by atoms with Crippen LogP contribution in [0.4, 0.5) is 0 Å². The summed E-state index contributed by atoms with van der Waals surface area (Å²) in [4.78, 5) is 17.9. The van der Waals surface area contributed by atoms with Crippen molar-refractivity contribution in [3.8, 4) is 0 Å². The standard InChI is InChI=1S/C12H15N.C11H14N2.2C11H13N/c1-9-5-6-11(8-10(9)2)12-4-3-7-13-12;1-9-4-2-5-10(8-9)11-12-6-3-7-13-11;1-9-4-2-5-10(8-9)11-6-3-7-12-11;1-9-4-6-10(7-5-9)11-3-2-8-12-11/h5-6,8H,3-4,7H2,1-2H3;2,4-5,8H,3,6-7H2,1H3,(H,12,13);2,4-5,8H,3,6-7H2,1H3;4-7H,2-3,8H2,1H3. The predicted octanol–water partition coefficient (Wildman–Crippen LogP) is 9.78. The molecule has 0 amide bonds. The summed E-state index contributed by atoms with van der Waals surface area (Å²) in [5, 5.41) is 3.31. The Morgan fingerprint density at radius 1 is 0.420 bits per heavy atom. The summed E-state index contributed by atoms with van der Waals surface area (Å²) < 4.78 is 0. The quantitative estimate of drug-likeness (QED) is 0.232. The summed E-state index contributed by atoms with van der Waals surface area (Å²) in [6.45, 7) is 15.7. The van der Waals surface area contributed by atoms with Gasteiger partial charge < -0.3 is 5.32 Å². The number of hydrogen-bond donors (Lipinski definition) is 1. The lowest BCUT2D eigenvalue weighted by molar-refractivity contribution is 0.742. The molecule has 50 heavy (non-hydrogen) atoms. The van der Waals surface area contributed by atoms with Gasteiger partial charge in [-0.3, -0.25) is 20.0 Å². The van der Waals surface area contributed by atoms with Crippen LogP contribution in [0.1, 0.15) is 95.0 Å². The molecule has 0 unspecified atom stereocenters. The smallest absolute Gasteiger partial charge is 0.128 e. The van der Waals surface area contributed by atoms with Crippen LogP contribution in [0, 0.1) is 34.6 Å². The van der Waals surface area contributed by atoms with Crippen LogP contribution < -0.4 is 5.32 Å². The number of nitrogens with one attached hydrogen (secondary N) is 1. The molecule has 0 saturated heterocycles. The van der Waals surface area contributed by atoms with Gasteiger partial charge in [0.1, 0.15) is 5.84 Å². The van der Waals surface area contributed by atoms with Crippen LogP contribution in [0.5, 0.6) is 0 Å². The Bertz CT molecular complexity index is 1830. The first kappa shape index (κ1) is 36.6. The van der Waals surface area contributed by atoms with E-state index >= 15 is 0 Å². The maximum absolute atomic E-state index is 4.49. The third kappa shape index (κ3) is 11.2. The molecule has 1 N–H and O–H groups in total. The Morgan fingerprint density at radius 2 is 0.920 bits per heavy atom. The Balaban J connectivity index is 0.000000130. The molecule has 4 aromatic carbocycles. The van der Waals surface area contributed by atoms with Crippen LogP contribution in [0.15, 0.2) is 111 Å². The zero-order valence-corrected chi connectivity index (χ0v) is 30.9. The second-order valence-electron chi connectivity index (χ2n) is 13.7. The number of nitrogens with zero attached hydrogens (tertiary/aromatic N) is 4. The van der Waals surface area contributed by atoms with Crippen LogP contribution in [0.25, 0.3) is 0 Å². The molecule has 4 aliphatic rings. The summed E-state index contributed by atoms with van der Waals surface area (Å²) in [6.07, 6.45) is 8.29. The molecule has 0 fully saturated rings. The van der Waals surface area contributed by atoms with Gasteiger partial charge in [-0.2, -0.15) is 0 Å². The summed E-state index contributed by atoms with van der Waals surface area (Å²) in [5.74, 6) is 1.05. The fraction of sp³-hybridized carbons (Fsp3) is 0.378. The van der Waals surface area contributed by atoms with Crippen LogP contribution >= 0.6 is 0 Å². The van der Waals surface area contributed by atoms with Crippen LogP contribution in [0.2, 0.25) is 0 Å². The molecule has 4 aliphatic heterocycles. The van der Waals surface area contributed by atoms with Gasteiger partial charge in [-0.05, 0) is 120 Å². The number of amidine groups is 1. The van der Waals surface area contributed by atoms with Gasteiger partial charge in [0.25, 0.3) is 0 Å². The molecule has 0 bridgehead atoms. The molecule has 0 saturated carbocycles. The third-order valence-corrected chi connectivity index (χ3v) is 9.39. The second kappa shape index (κ2) is 18.9. The van der Waals surface area contributed by atoms with Gasteiger partial charge in [0.15, 0.2) is 0 Å². The molecule has 4 aromatic rings. The van der Waals surface area contributed by atoms with Gasteiger partial charge in [0.05, 0.1) is 0 Å². The Kier molecular flexibility index (Phi) is 13.9. The molecular weight excluding hydrogens is 611 g/mol. The van der Waals surface area contributed by atoms with Crippen LogP contribution in [-0.4, -0.2) is 55.7 Å². The average molecular weight is 666 g/mol. The average Bonchev–Trinajstić information content (AvgIpc) is 3.96. The molecular formula is C45H55N5. The highest BCUT2D eigenvalue weighted by Gasteiger charge is 2.10. The van der Waals surface area contributed by atoms with Gasteiger partial charge in [-0.25, -0.2) is 0 Å². The Hall–Kier alpha value is -4.64. The van der Waals surface area contributed by atoms with Crippen molar-refractivity contribution in [2.75, 3.05) is 32.7 Å². The first-order chi connectivity index (χ1) is 24.4. The minimum absolute atomic E-state index is 0.955. The highest BCUT2D eigenvalue weighted by Crippen LogP contribution is 2.17. The lowest BCUT2D eigenvalue weighted by atomic mass is 10.0. The van der Waals surface area contributed by atoms with Gasteiger partial charge >= 0.3 is 0 Å². The molecule has 4 heterocycles. The van der Waals surface area contributed by atoms with Gasteiger partial charge in [0.2, 0.25) is 0 Å². The maximum Gasteiger partial charge on any atom is 0.128 e. The van der Waals surface area contributed by atoms with Crippen molar-refractivity contribution < 1.29 is 0 Å². The van der Waals surface area contributed by atoms with E-state index in [1.165, 1.54) is 86.5 Å². The SMILES string of the molecule is Cc1ccc(C2=NCCC2)cc1.Cc1ccc(C2=NCCC2)cc1C.Cc1cccc(C2=NCCC2)c1.Cc1cccc(C2=NCCCN2)c1. The summed E-state index contributed by atoms with van der Waals surface area (Å²) in [7, 11) is 0. The zero-order valence-electron chi connectivity index (χ0n) is 30.9. The molecule has 260 valence electrons. The number of hydrogen-bond acceptors (Lipinski definition) is 5. The van der Waals surface area contributed by atoms with Crippen molar-refractivity contribution in [2.45, 2.75) is 79.6 Å². The molecule has 0 aromatic heterocycles. The highest BCUT2D eigenvalue weighted by molar-refractivity contribution is 6.02. The van der Waals surface area contributed by atoms with Crippen molar-refractivity contribution >= 4 is 23.0 Å². The number of aryl methyl sites for hydroxylation is 5. The van der Waals surface area contributed by atoms with Gasteiger partial charge in [-0.15, -0.1) is 0 Å². The minimum atomic E-state index is 0.955. The van der Waals surface area contributed by atoms with Crippen LogP contribution in [-0.2, 0) is 0 Å². The number of aliphatic imine (C=N–C) groups is 4. The lowest BCUT2D eigenvalue weighted by Gasteiger charge is -2.14. The second-order valence-corrected chi connectivity index (χ2v) is 13.7. The van der Waals surface area contributed by atoms with Crippen molar-refractivity contribution in [3.05, 3.63) is 141 Å². The van der Waals surface area contributed by atoms with Crippen molar-refractivity contribution in [2.24, 2.45) is 20.0 Å². The summed E-state index contributed by atoms with van der Waals surface area (Å²) in [6, 6.07) is 32.3. The highest BCUT2D eigenvalue weighted by atomic mass is 15.0. The predicted molar refractivity (Wildman–Crippen MR) is 215 cm³/mol. The summed E-state index contributed by atoms with van der Waals surface area (Å²) in [5.41, 5.74) is 15.7. The first-order valence-electron chi connectivity index (χ1n) is 18.5. The Morgan fingerprint density at radius 3 is 1.42 bits per heavy atom. The molecule has 5 nitrogen and oxygen atoms in total. The van der Waals surface area contributed by atoms with Crippen molar-refractivity contribution in [1.29, 1.82) is 0 Å². The lowest BCUT2D eigenvalue weighted by Crippen LogP contribution is -2.30. The van der Waals surface area contributed by atoms with E-state index in [1.807, 2.05) is 0 Å². The topological polar surface area (TPSA) is 61.5 Å². The first-order valence-corrected chi connectivity index (χ1v) is 18.5. The molecule has 0 radical (unpaired) electrons. The van der Waals surface area contributed by atoms with Crippen LogP contribution in [0.3, 0.4) is 0 Å². The van der Waals surface area contributed by atoms with E-state index in [0.29, 0.717) is 0 Å². The van der Waals surface area contributed by atoms with Gasteiger partial charge in [0, 0.05) is 55.4 Å². The third-order valence-electron chi connectivity index (χ3n) is 9.39. The van der Waals surface area contributed by atoms with Crippen molar-refractivity contribution in [1.82, 2.24) is 5.32 Å². The molecule has 8 rings (SSSR count). The van der Waals surface area contributed by atoms with E-state index in [-0.39, 0.29) is 0 Å². The van der Waals surface area contributed by atoms with E-state index < -0.39 is 0 Å². The normalized spacial score (nSPS) is 16.2. The molecule has 0 atom stereocenters. The van der Waals surface area contributed by atoms with E-state index in [2.05, 4.69) is 151 Å². The Labute approximate surface area is 300 Å². The monoisotopic (exact) mass is 665 g/mol. The van der Waals surface area contributed by atoms with E-state index in [4.69, 9.17) is 0 Å². The number of benzene rings is 4. The molecule has 0 spiro atoms. The van der Waals surface area contributed by atoms with Crippen molar-refractivity contribution in [3.63, 3.8) is 0 Å². The molecule has 5 heteroatoms. The maximum atomic E-state index is 4.49. The fourth-order valence-electron chi connectivity index (χ4n) is 6.34. The van der Waals surface area contributed by atoms with E-state index in [1.54, 1.807) is 0 Å². The fourth-order valence-corrected chi connectivity index (χ4v) is 6.34. The largest absolute Gasteiger partial charge is 0.370 e. The molecule has 0 aliphatic carbocycles.